The summed E-state index contributed by atoms with van der Waals surface area (Å²) < 4.78 is 5.77. The molecule has 1 aliphatic heterocycles. The average molecular weight is 523 g/mol. The number of carbonyl (C=O) groups excluding carboxylic acids is 3. The maximum atomic E-state index is 12.8. The number of ketones is 1. The smallest absolute Gasteiger partial charge is 0.222 e. The molecule has 3 unspecified atom stereocenters. The molecule has 1 heterocycles. The molecule has 0 radical (unpaired) electrons. The van der Waals surface area contributed by atoms with Gasteiger partial charge >= 0.3 is 0 Å². The topological polar surface area (TPSA) is 75.7 Å². The van der Waals surface area contributed by atoms with Crippen molar-refractivity contribution < 1.29 is 19.1 Å². The normalized spacial score (nSPS) is 18.4. The molecule has 0 saturated carbocycles. The summed E-state index contributed by atoms with van der Waals surface area (Å²) >= 11 is 0. The van der Waals surface area contributed by atoms with E-state index in [4.69, 9.17) is 4.74 Å². The highest BCUT2D eigenvalue weighted by atomic mass is 16.5. The van der Waals surface area contributed by atoms with Gasteiger partial charge in [-0.15, -0.1) is 0 Å². The largest absolute Gasteiger partial charge is 0.377 e. The van der Waals surface area contributed by atoms with E-state index in [1.54, 1.807) is 0 Å². The molecule has 1 saturated heterocycles. The average Bonchev–Trinajstić information content (AvgIpc) is 3.27. The minimum Gasteiger partial charge on any atom is -0.377 e. The third-order valence-corrected chi connectivity index (χ3v) is 9.10. The first-order valence-corrected chi connectivity index (χ1v) is 14.8. The molecule has 216 valence electrons. The van der Waals surface area contributed by atoms with Gasteiger partial charge < -0.3 is 15.0 Å². The van der Waals surface area contributed by atoms with Gasteiger partial charge in [-0.05, 0) is 68.6 Å². The van der Waals surface area contributed by atoms with Crippen LogP contribution in [0, 0.1) is 28.6 Å². The Kier molecular flexibility index (Phi) is 13.8. The Morgan fingerprint density at radius 2 is 1.54 bits per heavy atom. The van der Waals surface area contributed by atoms with Gasteiger partial charge in [-0.2, -0.15) is 0 Å². The van der Waals surface area contributed by atoms with Crippen LogP contribution in [0.2, 0.25) is 0 Å². The van der Waals surface area contributed by atoms with Crippen molar-refractivity contribution in [3.05, 3.63) is 0 Å². The highest BCUT2D eigenvalue weighted by molar-refractivity contribution is 5.81. The molecular formula is C31H58N2O4. The van der Waals surface area contributed by atoms with E-state index in [2.05, 4.69) is 46.9 Å². The van der Waals surface area contributed by atoms with Gasteiger partial charge in [0.05, 0.1) is 18.8 Å². The molecule has 0 aromatic rings. The van der Waals surface area contributed by atoms with Gasteiger partial charge in [0.1, 0.15) is 5.78 Å². The lowest BCUT2D eigenvalue weighted by Gasteiger charge is -2.42. The van der Waals surface area contributed by atoms with Crippen LogP contribution in [0.5, 0.6) is 0 Å². The van der Waals surface area contributed by atoms with Gasteiger partial charge in [-0.1, -0.05) is 55.4 Å². The van der Waals surface area contributed by atoms with E-state index < -0.39 is 0 Å². The maximum Gasteiger partial charge on any atom is 0.222 e. The Morgan fingerprint density at radius 3 is 2.14 bits per heavy atom. The summed E-state index contributed by atoms with van der Waals surface area (Å²) in [5.74, 6) is 1.52. The quantitative estimate of drug-likeness (QED) is 0.239. The van der Waals surface area contributed by atoms with Crippen LogP contribution in [0.1, 0.15) is 121 Å². The highest BCUT2D eigenvalue weighted by Gasteiger charge is 2.38. The fourth-order valence-corrected chi connectivity index (χ4v) is 4.88. The van der Waals surface area contributed by atoms with E-state index in [1.165, 1.54) is 0 Å². The summed E-state index contributed by atoms with van der Waals surface area (Å²) in [5.41, 5.74) is -0.273. The van der Waals surface area contributed by atoms with Gasteiger partial charge in [-0.3, -0.25) is 14.4 Å². The fourth-order valence-electron chi connectivity index (χ4n) is 4.88. The van der Waals surface area contributed by atoms with Gasteiger partial charge in [0.25, 0.3) is 0 Å². The molecule has 37 heavy (non-hydrogen) atoms. The summed E-state index contributed by atoms with van der Waals surface area (Å²) in [6.45, 7) is 23.2. The van der Waals surface area contributed by atoms with E-state index in [9.17, 15) is 14.4 Å². The Morgan fingerprint density at radius 1 is 0.919 bits per heavy atom. The van der Waals surface area contributed by atoms with E-state index in [-0.39, 0.29) is 46.5 Å². The first-order chi connectivity index (χ1) is 17.1. The molecule has 6 nitrogen and oxygen atoms in total. The Bertz CT molecular complexity index is 729. The van der Waals surface area contributed by atoms with E-state index in [0.29, 0.717) is 44.2 Å². The van der Waals surface area contributed by atoms with Gasteiger partial charge in [0, 0.05) is 38.3 Å². The van der Waals surface area contributed by atoms with Crippen LogP contribution in [0.25, 0.3) is 0 Å². The molecule has 3 atom stereocenters. The van der Waals surface area contributed by atoms with Crippen LogP contribution in [0.3, 0.4) is 0 Å². The Hall–Kier alpha value is -1.43. The van der Waals surface area contributed by atoms with Crippen LogP contribution >= 0.6 is 0 Å². The highest BCUT2D eigenvalue weighted by Crippen LogP contribution is 2.45. The van der Waals surface area contributed by atoms with Crippen LogP contribution in [0.4, 0.5) is 0 Å². The summed E-state index contributed by atoms with van der Waals surface area (Å²) in [4.78, 5) is 39.7. The van der Waals surface area contributed by atoms with Gasteiger partial charge in [0.15, 0.2) is 0 Å². The Balaban J connectivity index is 2.36. The number of rotatable bonds is 17. The van der Waals surface area contributed by atoms with Crippen LogP contribution in [0.15, 0.2) is 0 Å². The summed E-state index contributed by atoms with van der Waals surface area (Å²) in [5, 5.41) is 3.10. The molecular weight excluding hydrogens is 464 g/mol. The number of hydrogen-bond acceptors (Lipinski definition) is 4. The number of likely N-dealkylation sites (tertiary alicyclic amines) is 1. The lowest BCUT2D eigenvalue weighted by Crippen LogP contribution is -2.39. The minimum absolute atomic E-state index is 0.0438. The molecule has 1 N–H and O–H groups in total. The van der Waals surface area contributed by atoms with Crippen molar-refractivity contribution in [3.63, 3.8) is 0 Å². The monoisotopic (exact) mass is 522 g/mol. The summed E-state index contributed by atoms with van der Waals surface area (Å²) in [6.07, 6.45) is 6.43. The molecule has 0 aromatic heterocycles. The summed E-state index contributed by atoms with van der Waals surface area (Å²) in [6, 6.07) is 0.226. The third kappa shape index (κ3) is 11.5. The van der Waals surface area contributed by atoms with Gasteiger partial charge in [0.2, 0.25) is 11.8 Å². The first-order valence-electron chi connectivity index (χ1n) is 14.8. The lowest BCUT2D eigenvalue weighted by atomic mass is 9.63. The molecule has 0 aromatic carbocycles. The van der Waals surface area contributed by atoms with Crippen molar-refractivity contribution >= 4 is 17.6 Å². The Labute approximate surface area is 228 Å². The van der Waals surface area contributed by atoms with E-state index in [1.807, 2.05) is 32.6 Å². The predicted octanol–water partition coefficient (Wildman–Crippen LogP) is 6.41. The van der Waals surface area contributed by atoms with Crippen molar-refractivity contribution in [3.8, 4) is 0 Å². The second-order valence-corrected chi connectivity index (χ2v) is 13.5. The number of nitrogens with one attached hydrogen (secondary N) is 1. The van der Waals surface area contributed by atoms with Crippen LogP contribution in [-0.4, -0.2) is 54.3 Å². The van der Waals surface area contributed by atoms with Crippen molar-refractivity contribution in [2.75, 3.05) is 19.7 Å². The van der Waals surface area contributed by atoms with E-state index in [0.717, 1.165) is 38.6 Å². The second-order valence-electron chi connectivity index (χ2n) is 13.5. The van der Waals surface area contributed by atoms with Crippen molar-refractivity contribution in [1.29, 1.82) is 0 Å². The zero-order valence-corrected chi connectivity index (χ0v) is 25.7. The van der Waals surface area contributed by atoms with Crippen molar-refractivity contribution in [2.24, 2.45) is 28.6 Å². The maximum absolute atomic E-state index is 12.8. The van der Waals surface area contributed by atoms with E-state index >= 15 is 0 Å². The molecule has 1 aliphatic rings. The number of amides is 2. The third-order valence-electron chi connectivity index (χ3n) is 9.10. The molecule has 0 spiro atoms. The molecule has 0 bridgehead atoms. The fraction of sp³-hybridized carbons (Fsp3) is 0.903. The minimum atomic E-state index is -0.160. The number of carbonyl (C=O) groups is 3. The second kappa shape index (κ2) is 15.2. The SMILES string of the molecule is CC(C)OCC1CCCN1C(=O)CCC(C)C(C)CCNC(=O)CCC(C)(C)C(C)(C)CC(=O)C(C)C. The number of nitrogens with zero attached hydrogens (tertiary/aromatic N) is 1. The van der Waals surface area contributed by atoms with Crippen molar-refractivity contribution in [2.45, 2.75) is 133 Å². The number of ether oxygens (including phenoxy) is 1. The summed E-state index contributed by atoms with van der Waals surface area (Å²) in [7, 11) is 0. The van der Waals surface area contributed by atoms with Crippen LogP contribution in [-0.2, 0) is 19.1 Å². The molecule has 1 fully saturated rings. The molecule has 6 heteroatoms. The van der Waals surface area contributed by atoms with Crippen molar-refractivity contribution in [1.82, 2.24) is 10.2 Å². The first kappa shape index (κ1) is 33.6. The number of Topliss-reactive ketones (excluding diaryl/α,β-unsaturated/α-hetero) is 1. The molecule has 1 rings (SSSR count). The zero-order chi connectivity index (χ0) is 28.4. The van der Waals surface area contributed by atoms with Gasteiger partial charge in [-0.25, -0.2) is 0 Å². The predicted molar refractivity (Wildman–Crippen MR) is 152 cm³/mol. The standard InChI is InChI=1S/C31H58N2O4/c1-22(2)27(34)20-31(9,10)30(7,8)17-15-28(35)32-18-16-25(6)24(5)13-14-29(36)33-19-11-12-26(33)21-37-23(3)4/h22-26H,11-21H2,1-10H3,(H,32,35). The zero-order valence-electron chi connectivity index (χ0n) is 25.7. The number of hydrogen-bond donors (Lipinski definition) is 1. The van der Waals surface area contributed by atoms with Crippen LogP contribution < -0.4 is 5.32 Å². The molecule has 0 aliphatic carbocycles. The molecule has 2 amide bonds. The lowest BCUT2D eigenvalue weighted by molar-refractivity contribution is -0.134.